The second-order valence-corrected chi connectivity index (χ2v) is 3.45. The van der Waals surface area contributed by atoms with Gasteiger partial charge in [0.25, 0.3) is 0 Å². The first kappa shape index (κ1) is 13.9. The van der Waals surface area contributed by atoms with Gasteiger partial charge in [-0.15, -0.1) is 0 Å². The van der Waals surface area contributed by atoms with Gasteiger partial charge in [-0.05, 0) is 12.8 Å². The van der Waals surface area contributed by atoms with Gasteiger partial charge >= 0.3 is 12.1 Å². The van der Waals surface area contributed by atoms with Crippen LogP contribution in [0.4, 0.5) is 13.2 Å². The maximum absolute atomic E-state index is 11.9. The third kappa shape index (κ3) is 4.31. The van der Waals surface area contributed by atoms with Crippen molar-refractivity contribution in [1.29, 1.82) is 0 Å². The molecule has 1 N–H and O–H groups in total. The summed E-state index contributed by atoms with van der Waals surface area (Å²) in [4.78, 5) is 21.6. The number of carbonyl (C=O) groups is 2. The van der Waals surface area contributed by atoms with Crippen LogP contribution in [-0.2, 0) is 9.59 Å². The molecule has 0 bridgehead atoms. The zero-order valence-electron chi connectivity index (χ0n) is 8.81. The van der Waals surface area contributed by atoms with Crippen molar-refractivity contribution in [3.05, 3.63) is 0 Å². The summed E-state index contributed by atoms with van der Waals surface area (Å²) in [6.07, 6.45) is -4.43. The molecule has 0 radical (unpaired) electrons. The van der Waals surface area contributed by atoms with Gasteiger partial charge < -0.3 is 5.32 Å². The molecule has 0 rings (SSSR count). The molecule has 0 saturated heterocycles. The molecule has 0 saturated carbocycles. The normalized spacial score (nSPS) is 15.6. The Labute approximate surface area is 86.0 Å². The van der Waals surface area contributed by atoms with E-state index >= 15 is 0 Å². The van der Waals surface area contributed by atoms with E-state index in [4.69, 9.17) is 0 Å². The number of carbonyl (C=O) groups excluding carboxylic acids is 2. The fraction of sp³-hybridized carbons (Fsp3) is 0.778. The molecule has 0 aliphatic rings. The molecule has 0 aliphatic heterocycles. The summed E-state index contributed by atoms with van der Waals surface area (Å²) in [6, 6.07) is -1.07. The van der Waals surface area contributed by atoms with Crippen LogP contribution in [-0.4, -0.2) is 23.9 Å². The fourth-order valence-electron chi connectivity index (χ4n) is 1.10. The Kier molecular flexibility index (Phi) is 4.77. The largest absolute Gasteiger partial charge is 0.471 e. The molecule has 0 aliphatic carbocycles. The molecule has 15 heavy (non-hydrogen) atoms. The molecule has 2 atom stereocenters. The Bertz CT molecular complexity index is 250. The molecule has 0 fully saturated rings. The van der Waals surface area contributed by atoms with Crippen LogP contribution in [0.2, 0.25) is 0 Å². The third-order valence-electron chi connectivity index (χ3n) is 2.20. The van der Waals surface area contributed by atoms with Gasteiger partial charge in [0.1, 0.15) is 0 Å². The lowest BCUT2D eigenvalue weighted by atomic mass is 9.96. The number of ketones is 1. The van der Waals surface area contributed by atoms with Crippen LogP contribution in [0.1, 0.15) is 27.2 Å². The minimum atomic E-state index is -4.94. The van der Waals surface area contributed by atoms with Crippen LogP contribution in [0.5, 0.6) is 0 Å². The Morgan fingerprint density at radius 3 is 2.07 bits per heavy atom. The molecule has 0 aromatic rings. The smallest absolute Gasteiger partial charge is 0.338 e. The van der Waals surface area contributed by atoms with Crippen LogP contribution in [0.25, 0.3) is 0 Å². The molecule has 1 unspecified atom stereocenters. The zero-order chi connectivity index (χ0) is 12.2. The average Bonchev–Trinajstić information content (AvgIpc) is 2.10. The van der Waals surface area contributed by atoms with Crippen LogP contribution in [0, 0.1) is 5.92 Å². The van der Waals surface area contributed by atoms with E-state index in [1.165, 1.54) is 0 Å². The Balaban J connectivity index is 4.57. The van der Waals surface area contributed by atoms with Crippen molar-refractivity contribution in [3.8, 4) is 0 Å². The maximum atomic E-state index is 11.9. The van der Waals surface area contributed by atoms with E-state index in [0.29, 0.717) is 6.42 Å². The first-order chi connectivity index (χ1) is 6.70. The van der Waals surface area contributed by atoms with Crippen molar-refractivity contribution in [1.82, 2.24) is 5.32 Å². The summed E-state index contributed by atoms with van der Waals surface area (Å²) in [5.74, 6) is -2.85. The van der Waals surface area contributed by atoms with Gasteiger partial charge in [-0.3, -0.25) is 9.59 Å². The third-order valence-corrected chi connectivity index (χ3v) is 2.20. The highest BCUT2D eigenvalue weighted by molar-refractivity contribution is 5.89. The lowest BCUT2D eigenvalue weighted by molar-refractivity contribution is -0.175. The highest BCUT2D eigenvalue weighted by atomic mass is 19.4. The summed E-state index contributed by atoms with van der Waals surface area (Å²) < 4.78 is 35.8. The predicted octanol–water partition coefficient (Wildman–Crippen LogP) is 1.67. The van der Waals surface area contributed by atoms with Crippen molar-refractivity contribution in [2.75, 3.05) is 0 Å². The van der Waals surface area contributed by atoms with Gasteiger partial charge in [-0.25, -0.2) is 0 Å². The van der Waals surface area contributed by atoms with Crippen molar-refractivity contribution in [2.24, 2.45) is 5.92 Å². The Morgan fingerprint density at radius 2 is 1.80 bits per heavy atom. The molecular formula is C9H14F3NO2. The van der Waals surface area contributed by atoms with E-state index in [-0.39, 0.29) is 5.92 Å². The zero-order valence-corrected chi connectivity index (χ0v) is 8.81. The van der Waals surface area contributed by atoms with Crippen molar-refractivity contribution in [2.45, 2.75) is 39.4 Å². The van der Waals surface area contributed by atoms with Crippen LogP contribution >= 0.6 is 0 Å². The molecule has 6 heteroatoms. The molecule has 0 aromatic heterocycles. The number of amides is 1. The first-order valence-corrected chi connectivity index (χ1v) is 4.58. The molecular weight excluding hydrogens is 211 g/mol. The number of alkyl halides is 3. The molecule has 1 amide bonds. The van der Waals surface area contributed by atoms with E-state index in [0.717, 1.165) is 6.92 Å². The molecule has 3 nitrogen and oxygen atoms in total. The average molecular weight is 225 g/mol. The van der Waals surface area contributed by atoms with Crippen LogP contribution in [0.3, 0.4) is 0 Å². The predicted molar refractivity (Wildman–Crippen MR) is 48.1 cm³/mol. The number of halogens is 3. The van der Waals surface area contributed by atoms with Gasteiger partial charge in [0.05, 0.1) is 6.04 Å². The van der Waals surface area contributed by atoms with E-state index in [1.807, 2.05) is 0 Å². The van der Waals surface area contributed by atoms with Crippen molar-refractivity contribution in [3.63, 3.8) is 0 Å². The highest BCUT2D eigenvalue weighted by Crippen LogP contribution is 2.16. The van der Waals surface area contributed by atoms with Crippen LogP contribution in [0.15, 0.2) is 0 Å². The number of nitrogens with one attached hydrogen (secondary N) is 1. The molecule has 0 spiro atoms. The highest BCUT2D eigenvalue weighted by Gasteiger charge is 2.40. The van der Waals surface area contributed by atoms with Gasteiger partial charge in [0.15, 0.2) is 5.78 Å². The van der Waals surface area contributed by atoms with Gasteiger partial charge in [0, 0.05) is 0 Å². The SMILES string of the molecule is CCC(C)[C@H](NC(=O)C(F)(F)F)C(C)=O. The summed E-state index contributed by atoms with van der Waals surface area (Å²) in [6.45, 7) is 4.51. The standard InChI is InChI=1S/C9H14F3NO2/c1-4-5(2)7(6(3)14)13-8(15)9(10,11)12/h5,7H,4H2,1-3H3,(H,13,15)/t5?,7-/m0/s1. The van der Waals surface area contributed by atoms with Gasteiger partial charge in [0.2, 0.25) is 0 Å². The van der Waals surface area contributed by atoms with Crippen LogP contribution < -0.4 is 5.32 Å². The summed E-state index contributed by atoms with van der Waals surface area (Å²) in [5, 5.41) is 1.69. The van der Waals surface area contributed by atoms with E-state index in [9.17, 15) is 22.8 Å². The minimum Gasteiger partial charge on any atom is -0.338 e. The number of Topliss-reactive ketones (excluding diaryl/α,β-unsaturated/α-hetero) is 1. The molecule has 0 aromatic carbocycles. The first-order valence-electron chi connectivity index (χ1n) is 4.58. The lowest BCUT2D eigenvalue weighted by Gasteiger charge is -2.22. The Hall–Kier alpha value is -1.07. The van der Waals surface area contributed by atoms with Crippen molar-refractivity contribution >= 4 is 11.7 Å². The summed E-state index contributed by atoms with van der Waals surface area (Å²) in [5.41, 5.74) is 0. The monoisotopic (exact) mass is 225 g/mol. The van der Waals surface area contributed by atoms with Gasteiger partial charge in [-0.2, -0.15) is 13.2 Å². The number of hydrogen-bond donors (Lipinski definition) is 1. The summed E-state index contributed by atoms with van der Waals surface area (Å²) in [7, 11) is 0. The second-order valence-electron chi connectivity index (χ2n) is 3.45. The minimum absolute atomic E-state index is 0.311. The van der Waals surface area contributed by atoms with E-state index in [1.54, 1.807) is 19.2 Å². The summed E-state index contributed by atoms with van der Waals surface area (Å²) >= 11 is 0. The maximum Gasteiger partial charge on any atom is 0.471 e. The molecule has 88 valence electrons. The second kappa shape index (κ2) is 5.14. The van der Waals surface area contributed by atoms with Crippen molar-refractivity contribution < 1.29 is 22.8 Å². The van der Waals surface area contributed by atoms with E-state index < -0.39 is 23.9 Å². The lowest BCUT2D eigenvalue weighted by Crippen LogP contribution is -2.49. The van der Waals surface area contributed by atoms with Gasteiger partial charge in [-0.1, -0.05) is 20.3 Å². The number of hydrogen-bond acceptors (Lipinski definition) is 2. The quantitative estimate of drug-likeness (QED) is 0.791. The fourth-order valence-corrected chi connectivity index (χ4v) is 1.10. The molecule has 0 heterocycles. The number of rotatable bonds is 4. The van der Waals surface area contributed by atoms with E-state index in [2.05, 4.69) is 0 Å². The topological polar surface area (TPSA) is 46.2 Å². The Morgan fingerprint density at radius 1 is 1.33 bits per heavy atom.